The molecule has 27 heavy (non-hydrogen) atoms. The Morgan fingerprint density at radius 2 is 2.00 bits per heavy atom. The van der Waals surface area contributed by atoms with E-state index in [1.165, 1.54) is 12.1 Å². The lowest BCUT2D eigenvalue weighted by atomic mass is 10.0. The highest BCUT2D eigenvalue weighted by Gasteiger charge is 2.19. The molecule has 1 N–H and O–H groups in total. The van der Waals surface area contributed by atoms with E-state index in [9.17, 15) is 9.18 Å². The Balaban J connectivity index is 1.57. The van der Waals surface area contributed by atoms with E-state index >= 15 is 0 Å². The zero-order valence-electron chi connectivity index (χ0n) is 14.7. The lowest BCUT2D eigenvalue weighted by Gasteiger charge is -2.18. The van der Waals surface area contributed by atoms with E-state index in [1.807, 2.05) is 42.6 Å². The van der Waals surface area contributed by atoms with Gasteiger partial charge < -0.3 is 9.73 Å². The molecule has 0 aliphatic rings. The number of hydrogen-bond donors (Lipinski definition) is 1. The van der Waals surface area contributed by atoms with Gasteiger partial charge in [-0.2, -0.15) is 0 Å². The highest BCUT2D eigenvalue weighted by atomic mass is 32.1. The average molecular weight is 379 g/mol. The van der Waals surface area contributed by atoms with Crippen LogP contribution in [0.2, 0.25) is 0 Å². The minimum Gasteiger partial charge on any atom is -0.464 e. The molecule has 1 amide bonds. The average Bonchev–Trinajstić information content (AvgIpc) is 3.31. The van der Waals surface area contributed by atoms with E-state index in [-0.39, 0.29) is 24.2 Å². The molecular weight excluding hydrogens is 361 g/mol. The first-order valence-corrected chi connectivity index (χ1v) is 9.53. The van der Waals surface area contributed by atoms with Crippen LogP contribution in [0.5, 0.6) is 0 Å². The molecule has 2 aromatic heterocycles. The maximum Gasteiger partial charge on any atom is 0.225 e. The largest absolute Gasteiger partial charge is 0.464 e. The second kappa shape index (κ2) is 7.37. The zero-order valence-corrected chi connectivity index (χ0v) is 15.6. The third-order valence-corrected chi connectivity index (χ3v) is 5.44. The van der Waals surface area contributed by atoms with E-state index in [0.29, 0.717) is 0 Å². The number of benzene rings is 2. The molecule has 5 heteroatoms. The standard InChI is InChI=1S/C22H18FNO2S/c1-14-4-9-18-16(13-26-19(18)11-14)12-21(25)24-22(20-3-2-10-27-20)15-5-7-17(23)8-6-15/h2-11,13,22H,12H2,1H3,(H,24,25). The van der Waals surface area contributed by atoms with Gasteiger partial charge in [-0.3, -0.25) is 4.79 Å². The Bertz CT molecular complexity index is 1070. The van der Waals surface area contributed by atoms with Crippen molar-refractivity contribution < 1.29 is 13.6 Å². The quantitative estimate of drug-likeness (QED) is 0.505. The van der Waals surface area contributed by atoms with Crippen LogP contribution in [0.1, 0.15) is 27.6 Å². The van der Waals surface area contributed by atoms with Gasteiger partial charge in [-0.05, 0) is 47.7 Å². The van der Waals surface area contributed by atoms with Crippen molar-refractivity contribution in [1.82, 2.24) is 5.32 Å². The van der Waals surface area contributed by atoms with Gasteiger partial charge in [0.2, 0.25) is 5.91 Å². The molecule has 136 valence electrons. The molecule has 2 aromatic carbocycles. The fourth-order valence-electron chi connectivity index (χ4n) is 3.14. The molecule has 3 nitrogen and oxygen atoms in total. The first-order valence-electron chi connectivity index (χ1n) is 8.65. The van der Waals surface area contributed by atoms with Gasteiger partial charge in [0.1, 0.15) is 11.4 Å². The van der Waals surface area contributed by atoms with Gasteiger partial charge in [-0.15, -0.1) is 11.3 Å². The van der Waals surface area contributed by atoms with Gasteiger partial charge in [0.05, 0.1) is 18.7 Å². The summed E-state index contributed by atoms with van der Waals surface area (Å²) in [7, 11) is 0. The van der Waals surface area contributed by atoms with Crippen molar-refractivity contribution in [3.05, 3.63) is 93.6 Å². The normalized spacial score (nSPS) is 12.2. The minimum absolute atomic E-state index is 0.110. The van der Waals surface area contributed by atoms with Gasteiger partial charge in [0.15, 0.2) is 0 Å². The first-order chi connectivity index (χ1) is 13.1. The lowest BCUT2D eigenvalue weighted by molar-refractivity contribution is -0.120. The molecule has 1 unspecified atom stereocenters. The molecule has 2 heterocycles. The summed E-state index contributed by atoms with van der Waals surface area (Å²) in [5.41, 5.74) is 3.60. The number of carbonyl (C=O) groups is 1. The summed E-state index contributed by atoms with van der Waals surface area (Å²) in [4.78, 5) is 13.7. The van der Waals surface area contributed by atoms with Crippen LogP contribution in [-0.2, 0) is 11.2 Å². The maximum atomic E-state index is 13.3. The molecule has 0 spiro atoms. The van der Waals surface area contributed by atoms with E-state index in [4.69, 9.17) is 4.42 Å². The predicted molar refractivity (Wildman–Crippen MR) is 105 cm³/mol. The molecule has 0 bridgehead atoms. The number of aryl methyl sites for hydroxylation is 1. The summed E-state index contributed by atoms with van der Waals surface area (Å²) in [6.45, 7) is 2.00. The minimum atomic E-state index is -0.307. The number of thiophene rings is 1. The Morgan fingerprint density at radius 1 is 1.19 bits per heavy atom. The summed E-state index contributed by atoms with van der Waals surface area (Å²) in [6, 6.07) is 15.8. The summed E-state index contributed by atoms with van der Waals surface area (Å²) in [6.07, 6.45) is 1.86. The fraction of sp³-hybridized carbons (Fsp3) is 0.136. The van der Waals surface area contributed by atoms with Crippen LogP contribution in [0, 0.1) is 12.7 Å². The van der Waals surface area contributed by atoms with Crippen molar-refractivity contribution in [2.24, 2.45) is 0 Å². The number of amides is 1. The highest BCUT2D eigenvalue weighted by molar-refractivity contribution is 7.10. The fourth-order valence-corrected chi connectivity index (χ4v) is 3.94. The van der Waals surface area contributed by atoms with Crippen LogP contribution in [0.3, 0.4) is 0 Å². The summed E-state index contributed by atoms with van der Waals surface area (Å²) in [5, 5.41) is 5.99. The number of fused-ring (bicyclic) bond motifs is 1. The van der Waals surface area contributed by atoms with Gasteiger partial charge in [-0.25, -0.2) is 4.39 Å². The van der Waals surface area contributed by atoms with Crippen molar-refractivity contribution in [3.63, 3.8) is 0 Å². The Labute approximate surface area is 160 Å². The van der Waals surface area contributed by atoms with Crippen LogP contribution in [0.4, 0.5) is 4.39 Å². The van der Waals surface area contributed by atoms with Gasteiger partial charge in [-0.1, -0.05) is 30.3 Å². The molecule has 4 aromatic rings. The molecule has 1 atom stereocenters. The van der Waals surface area contributed by atoms with E-state index < -0.39 is 0 Å². The van der Waals surface area contributed by atoms with Crippen LogP contribution in [0.15, 0.2) is 70.7 Å². The summed E-state index contributed by atoms with van der Waals surface area (Å²) in [5.74, 6) is -0.406. The molecule has 0 aliphatic heterocycles. The van der Waals surface area contributed by atoms with Crippen LogP contribution >= 0.6 is 11.3 Å². The molecule has 0 saturated carbocycles. The number of hydrogen-bond acceptors (Lipinski definition) is 3. The summed E-state index contributed by atoms with van der Waals surface area (Å²) >= 11 is 1.56. The first kappa shape index (κ1) is 17.5. The van der Waals surface area contributed by atoms with Crippen molar-refractivity contribution in [1.29, 1.82) is 0 Å². The number of nitrogens with one attached hydrogen (secondary N) is 1. The molecular formula is C22H18FNO2S. The third-order valence-electron chi connectivity index (χ3n) is 4.50. The molecule has 0 fully saturated rings. The molecule has 0 saturated heterocycles. The van der Waals surface area contributed by atoms with Crippen LogP contribution in [0.25, 0.3) is 11.0 Å². The Morgan fingerprint density at radius 3 is 2.74 bits per heavy atom. The Kier molecular flexibility index (Phi) is 4.77. The summed E-state index contributed by atoms with van der Waals surface area (Å²) < 4.78 is 18.9. The molecule has 0 radical (unpaired) electrons. The van der Waals surface area contributed by atoms with Crippen LogP contribution < -0.4 is 5.32 Å². The van der Waals surface area contributed by atoms with Gasteiger partial charge in [0.25, 0.3) is 0 Å². The van der Waals surface area contributed by atoms with Crippen LogP contribution in [-0.4, -0.2) is 5.91 Å². The van der Waals surface area contributed by atoms with Gasteiger partial charge in [0, 0.05) is 15.8 Å². The smallest absolute Gasteiger partial charge is 0.225 e. The zero-order chi connectivity index (χ0) is 18.8. The lowest BCUT2D eigenvalue weighted by Crippen LogP contribution is -2.30. The highest BCUT2D eigenvalue weighted by Crippen LogP contribution is 2.27. The number of carbonyl (C=O) groups excluding carboxylic acids is 1. The molecule has 4 rings (SSSR count). The van der Waals surface area contributed by atoms with Crippen molar-refractivity contribution in [2.45, 2.75) is 19.4 Å². The van der Waals surface area contributed by atoms with Crippen molar-refractivity contribution in [3.8, 4) is 0 Å². The third kappa shape index (κ3) is 3.78. The number of rotatable bonds is 5. The monoisotopic (exact) mass is 379 g/mol. The number of furan rings is 1. The van der Waals surface area contributed by atoms with Crippen molar-refractivity contribution in [2.75, 3.05) is 0 Å². The second-order valence-electron chi connectivity index (χ2n) is 6.50. The maximum absolute atomic E-state index is 13.3. The topological polar surface area (TPSA) is 42.2 Å². The number of halogens is 1. The SMILES string of the molecule is Cc1ccc2c(CC(=O)NC(c3ccc(F)cc3)c3cccs3)coc2c1. The second-order valence-corrected chi connectivity index (χ2v) is 7.48. The van der Waals surface area contributed by atoms with E-state index in [0.717, 1.165) is 32.5 Å². The van der Waals surface area contributed by atoms with E-state index in [1.54, 1.807) is 29.7 Å². The predicted octanol–water partition coefficient (Wildman–Crippen LogP) is 5.39. The van der Waals surface area contributed by atoms with E-state index in [2.05, 4.69) is 5.32 Å². The molecule has 0 aliphatic carbocycles. The Hall–Kier alpha value is -2.92. The van der Waals surface area contributed by atoms with Crippen molar-refractivity contribution >= 4 is 28.2 Å². The van der Waals surface area contributed by atoms with Gasteiger partial charge >= 0.3 is 0 Å².